The van der Waals surface area contributed by atoms with Gasteiger partial charge in [0.15, 0.2) is 9.84 Å². The molecule has 1 amide bonds. The number of nitrogens with one attached hydrogen (secondary N) is 1. The molecule has 1 aromatic heterocycles. The number of carbonyl (C=O) groups is 1. The van der Waals surface area contributed by atoms with Gasteiger partial charge in [0.05, 0.1) is 21.8 Å². The fourth-order valence-corrected chi connectivity index (χ4v) is 5.18. The topological polar surface area (TPSA) is 126 Å². The zero-order valence-corrected chi connectivity index (χ0v) is 18.1. The number of hydrogen-bond donors (Lipinski definition) is 2. The van der Waals surface area contributed by atoms with E-state index in [0.717, 1.165) is 0 Å². The lowest BCUT2D eigenvalue weighted by Gasteiger charge is -2.10. The standard InChI is InChI=1S/C22H20N4O3S2/c23-15-16-14-19(21(27)25-17-8-3-1-4-9-17)20(24)26-22(16)30-12-7-13-31(28,29)18-10-5-2-6-11-18/h1-6,8-11,14H,7,12-13H2,(H2,24,26)(H,25,27). The van der Waals surface area contributed by atoms with Crippen LogP contribution in [0.15, 0.2) is 76.7 Å². The van der Waals surface area contributed by atoms with Gasteiger partial charge in [-0.1, -0.05) is 36.4 Å². The summed E-state index contributed by atoms with van der Waals surface area (Å²) in [5, 5.41) is 12.5. The number of para-hydroxylation sites is 1. The number of nitrogen functional groups attached to an aromatic ring is 1. The van der Waals surface area contributed by atoms with Gasteiger partial charge in [0.2, 0.25) is 0 Å². The van der Waals surface area contributed by atoms with Crippen molar-refractivity contribution in [2.75, 3.05) is 22.6 Å². The molecule has 7 nitrogen and oxygen atoms in total. The van der Waals surface area contributed by atoms with Gasteiger partial charge in [0.25, 0.3) is 5.91 Å². The predicted octanol–water partition coefficient (Wildman–Crippen LogP) is 3.74. The first kappa shape index (κ1) is 22.3. The summed E-state index contributed by atoms with van der Waals surface area (Å²) in [6.07, 6.45) is 0.380. The first-order valence-corrected chi connectivity index (χ1v) is 12.0. The van der Waals surface area contributed by atoms with Gasteiger partial charge < -0.3 is 11.1 Å². The maximum Gasteiger partial charge on any atom is 0.259 e. The van der Waals surface area contributed by atoms with Crippen molar-refractivity contribution < 1.29 is 13.2 Å². The molecule has 0 aliphatic rings. The normalized spacial score (nSPS) is 10.9. The van der Waals surface area contributed by atoms with Crippen LogP contribution in [0.1, 0.15) is 22.3 Å². The Hall–Kier alpha value is -3.35. The van der Waals surface area contributed by atoms with E-state index in [-0.39, 0.29) is 27.6 Å². The molecule has 9 heteroatoms. The van der Waals surface area contributed by atoms with Crippen LogP contribution in [0.25, 0.3) is 0 Å². The zero-order chi connectivity index (χ0) is 22.3. The highest BCUT2D eigenvalue weighted by Gasteiger charge is 2.17. The summed E-state index contributed by atoms with van der Waals surface area (Å²) in [7, 11) is -3.36. The van der Waals surface area contributed by atoms with Crippen LogP contribution >= 0.6 is 11.8 Å². The Kier molecular flexibility index (Phi) is 7.28. The van der Waals surface area contributed by atoms with Gasteiger partial charge >= 0.3 is 0 Å². The van der Waals surface area contributed by atoms with E-state index in [2.05, 4.69) is 10.3 Å². The molecule has 31 heavy (non-hydrogen) atoms. The van der Waals surface area contributed by atoms with Crippen molar-refractivity contribution in [1.82, 2.24) is 4.98 Å². The summed E-state index contributed by atoms with van der Waals surface area (Å²) in [6.45, 7) is 0. The minimum absolute atomic E-state index is 0.00633. The Balaban J connectivity index is 1.65. The van der Waals surface area contributed by atoms with Crippen LogP contribution in [0, 0.1) is 11.3 Å². The van der Waals surface area contributed by atoms with E-state index in [9.17, 15) is 18.5 Å². The van der Waals surface area contributed by atoms with Crippen LogP contribution in [0.4, 0.5) is 11.5 Å². The van der Waals surface area contributed by atoms with E-state index in [1.807, 2.05) is 12.1 Å². The lowest BCUT2D eigenvalue weighted by molar-refractivity contribution is 0.102. The van der Waals surface area contributed by atoms with Gasteiger partial charge in [-0.05, 0) is 36.8 Å². The largest absolute Gasteiger partial charge is 0.383 e. The molecule has 0 atom stereocenters. The fourth-order valence-electron chi connectivity index (χ4n) is 2.77. The quantitative estimate of drug-likeness (QED) is 0.394. The molecule has 0 aliphatic carbocycles. The Morgan fingerprint density at radius 1 is 1.10 bits per heavy atom. The van der Waals surface area contributed by atoms with Crippen LogP contribution < -0.4 is 11.1 Å². The number of benzene rings is 2. The second-order valence-corrected chi connectivity index (χ2v) is 9.73. The van der Waals surface area contributed by atoms with Gasteiger partial charge in [0.1, 0.15) is 16.9 Å². The van der Waals surface area contributed by atoms with Crippen molar-refractivity contribution in [3.05, 3.63) is 77.9 Å². The molecule has 0 bridgehead atoms. The second-order valence-electron chi connectivity index (χ2n) is 6.54. The van der Waals surface area contributed by atoms with Gasteiger partial charge in [-0.25, -0.2) is 13.4 Å². The number of amides is 1. The molecule has 0 unspecified atom stereocenters. The van der Waals surface area contributed by atoms with Crippen molar-refractivity contribution in [1.29, 1.82) is 5.26 Å². The maximum atomic E-state index is 12.5. The number of nitrogens with two attached hydrogens (primary N) is 1. The average Bonchev–Trinajstić information content (AvgIpc) is 2.78. The fraction of sp³-hybridized carbons (Fsp3) is 0.136. The minimum Gasteiger partial charge on any atom is -0.383 e. The molecular weight excluding hydrogens is 432 g/mol. The molecule has 1 heterocycles. The van der Waals surface area contributed by atoms with E-state index >= 15 is 0 Å². The molecule has 2 aromatic carbocycles. The van der Waals surface area contributed by atoms with Crippen LogP contribution in [-0.2, 0) is 9.84 Å². The first-order chi connectivity index (χ1) is 14.9. The summed E-state index contributed by atoms with van der Waals surface area (Å²) in [4.78, 5) is 17.0. The van der Waals surface area contributed by atoms with Gasteiger partial charge in [-0.3, -0.25) is 4.79 Å². The van der Waals surface area contributed by atoms with Crippen LogP contribution in [0.3, 0.4) is 0 Å². The molecule has 3 rings (SSSR count). The summed E-state index contributed by atoms with van der Waals surface area (Å²) in [6, 6.07) is 20.6. The Morgan fingerprint density at radius 3 is 2.39 bits per heavy atom. The summed E-state index contributed by atoms with van der Waals surface area (Å²) < 4.78 is 24.7. The molecule has 0 spiro atoms. The summed E-state index contributed by atoms with van der Waals surface area (Å²) in [5.74, 6) is -0.0353. The van der Waals surface area contributed by atoms with E-state index in [1.165, 1.54) is 17.8 Å². The molecule has 0 saturated heterocycles. The molecule has 0 saturated carbocycles. The lowest BCUT2D eigenvalue weighted by Crippen LogP contribution is -2.15. The van der Waals surface area contributed by atoms with Crippen molar-refractivity contribution >= 4 is 39.0 Å². The third-order valence-electron chi connectivity index (χ3n) is 4.31. The third kappa shape index (κ3) is 5.84. The van der Waals surface area contributed by atoms with Gasteiger partial charge in [-0.15, -0.1) is 11.8 Å². The first-order valence-electron chi connectivity index (χ1n) is 9.38. The number of nitrogens with zero attached hydrogens (tertiary/aromatic N) is 2. The highest BCUT2D eigenvalue weighted by atomic mass is 32.2. The van der Waals surface area contributed by atoms with Crippen LogP contribution in [-0.4, -0.2) is 30.8 Å². The molecule has 0 radical (unpaired) electrons. The Bertz CT molecular complexity index is 1210. The molecule has 3 N–H and O–H groups in total. The van der Waals surface area contributed by atoms with Crippen molar-refractivity contribution in [3.8, 4) is 6.07 Å². The number of thioether (sulfide) groups is 1. The predicted molar refractivity (Wildman–Crippen MR) is 122 cm³/mol. The van der Waals surface area contributed by atoms with Gasteiger partial charge in [0, 0.05) is 11.4 Å². The van der Waals surface area contributed by atoms with Crippen molar-refractivity contribution in [3.63, 3.8) is 0 Å². The van der Waals surface area contributed by atoms with E-state index in [4.69, 9.17) is 5.73 Å². The minimum atomic E-state index is -3.36. The number of sulfone groups is 1. The highest BCUT2D eigenvalue weighted by molar-refractivity contribution is 7.99. The van der Waals surface area contributed by atoms with E-state index < -0.39 is 15.7 Å². The zero-order valence-electron chi connectivity index (χ0n) is 16.5. The maximum absolute atomic E-state index is 12.5. The van der Waals surface area contributed by atoms with Crippen molar-refractivity contribution in [2.45, 2.75) is 16.3 Å². The summed E-state index contributed by atoms with van der Waals surface area (Å²) in [5.41, 5.74) is 6.88. The number of nitriles is 1. The van der Waals surface area contributed by atoms with E-state index in [1.54, 1.807) is 54.6 Å². The number of pyridine rings is 1. The Labute approximate surface area is 185 Å². The lowest BCUT2D eigenvalue weighted by atomic mass is 10.2. The van der Waals surface area contributed by atoms with Crippen molar-refractivity contribution in [2.24, 2.45) is 0 Å². The number of carbonyl (C=O) groups excluding carboxylic acids is 1. The number of rotatable bonds is 8. The highest BCUT2D eigenvalue weighted by Crippen LogP contribution is 2.26. The monoisotopic (exact) mass is 452 g/mol. The van der Waals surface area contributed by atoms with Crippen LogP contribution in [0.5, 0.6) is 0 Å². The number of aromatic nitrogens is 1. The summed E-state index contributed by atoms with van der Waals surface area (Å²) >= 11 is 1.24. The van der Waals surface area contributed by atoms with Gasteiger partial charge in [-0.2, -0.15) is 5.26 Å². The molecular formula is C22H20N4O3S2. The average molecular weight is 453 g/mol. The number of anilines is 2. The second kappa shape index (κ2) is 10.1. The Morgan fingerprint density at radius 2 is 1.74 bits per heavy atom. The molecule has 3 aromatic rings. The molecule has 0 aliphatic heterocycles. The molecule has 158 valence electrons. The SMILES string of the molecule is N#Cc1cc(C(=O)Nc2ccccc2)c(N)nc1SCCCS(=O)(=O)c1ccccc1. The smallest absolute Gasteiger partial charge is 0.259 e. The third-order valence-corrected chi connectivity index (χ3v) is 7.21. The number of hydrogen-bond acceptors (Lipinski definition) is 7. The molecule has 0 fully saturated rings. The van der Waals surface area contributed by atoms with Crippen LogP contribution in [0.2, 0.25) is 0 Å². The van der Waals surface area contributed by atoms with E-state index in [0.29, 0.717) is 22.9 Å².